The van der Waals surface area contributed by atoms with Gasteiger partial charge in [0.1, 0.15) is 10.9 Å². The Kier molecular flexibility index (Phi) is 4.66. The van der Waals surface area contributed by atoms with Gasteiger partial charge in [-0.3, -0.25) is 0 Å². The molecule has 0 saturated carbocycles. The van der Waals surface area contributed by atoms with Gasteiger partial charge in [0.2, 0.25) is 0 Å². The van der Waals surface area contributed by atoms with Crippen molar-refractivity contribution in [3.8, 4) is 6.07 Å². The van der Waals surface area contributed by atoms with Crippen LogP contribution in [0.4, 0.5) is 5.13 Å². The van der Waals surface area contributed by atoms with Crippen molar-refractivity contribution in [3.63, 3.8) is 0 Å². The first-order chi connectivity index (χ1) is 6.77. The highest BCUT2D eigenvalue weighted by Gasteiger charge is 2.07. The van der Waals surface area contributed by atoms with Crippen molar-refractivity contribution in [2.45, 2.75) is 12.8 Å². The molecule has 1 aromatic rings. The molecule has 1 heterocycles. The summed E-state index contributed by atoms with van der Waals surface area (Å²) in [6.07, 6.45) is 1.63. The van der Waals surface area contributed by atoms with E-state index in [-0.39, 0.29) is 11.8 Å². The van der Waals surface area contributed by atoms with Gasteiger partial charge in [-0.25, -0.2) is 4.98 Å². The molecule has 2 N–H and O–H groups in total. The standard InChI is InChI=1S/C8H10ClN3OS/c9-7-6(5-10)14-8(12-7)11-3-1-2-4-13/h13H,1-4H2,(H,11,12). The number of hydrogen-bond acceptors (Lipinski definition) is 5. The van der Waals surface area contributed by atoms with Crippen LogP contribution in [0.15, 0.2) is 0 Å². The molecular weight excluding hydrogens is 222 g/mol. The maximum absolute atomic E-state index is 8.62. The summed E-state index contributed by atoms with van der Waals surface area (Å²) in [5.74, 6) is 0. The molecular formula is C8H10ClN3OS. The molecule has 0 aliphatic heterocycles. The van der Waals surface area contributed by atoms with E-state index in [4.69, 9.17) is 22.0 Å². The highest BCUT2D eigenvalue weighted by atomic mass is 35.5. The molecule has 76 valence electrons. The van der Waals surface area contributed by atoms with E-state index in [1.807, 2.05) is 6.07 Å². The number of halogens is 1. The van der Waals surface area contributed by atoms with Crippen LogP contribution in [0.3, 0.4) is 0 Å². The van der Waals surface area contributed by atoms with Crippen LogP contribution < -0.4 is 5.32 Å². The second-order valence-corrected chi connectivity index (χ2v) is 3.97. The number of aliphatic hydroxyl groups is 1. The zero-order valence-electron chi connectivity index (χ0n) is 7.46. The minimum Gasteiger partial charge on any atom is -0.396 e. The van der Waals surface area contributed by atoms with E-state index < -0.39 is 0 Å². The van der Waals surface area contributed by atoms with Gasteiger partial charge < -0.3 is 10.4 Å². The maximum Gasteiger partial charge on any atom is 0.185 e. The second kappa shape index (κ2) is 5.81. The fraction of sp³-hybridized carbons (Fsp3) is 0.500. The maximum atomic E-state index is 8.62. The zero-order valence-corrected chi connectivity index (χ0v) is 9.03. The molecule has 0 amide bonds. The van der Waals surface area contributed by atoms with Gasteiger partial charge in [-0.15, -0.1) is 0 Å². The Labute approximate surface area is 91.2 Å². The fourth-order valence-corrected chi connectivity index (χ4v) is 1.85. The van der Waals surface area contributed by atoms with Crippen LogP contribution in [0.5, 0.6) is 0 Å². The molecule has 4 nitrogen and oxygen atoms in total. The van der Waals surface area contributed by atoms with Crippen molar-refractivity contribution >= 4 is 28.1 Å². The molecule has 6 heteroatoms. The number of hydrogen-bond donors (Lipinski definition) is 2. The van der Waals surface area contributed by atoms with E-state index in [2.05, 4.69) is 10.3 Å². The van der Waals surface area contributed by atoms with E-state index >= 15 is 0 Å². The first kappa shape index (κ1) is 11.2. The van der Waals surface area contributed by atoms with Gasteiger partial charge in [-0.2, -0.15) is 5.26 Å². The predicted octanol–water partition coefficient (Wildman–Crippen LogP) is 1.85. The van der Waals surface area contributed by atoms with Crippen molar-refractivity contribution in [2.75, 3.05) is 18.5 Å². The Balaban J connectivity index is 2.40. The molecule has 0 fully saturated rings. The summed E-state index contributed by atoms with van der Waals surface area (Å²) >= 11 is 6.92. The fourth-order valence-electron chi connectivity index (χ4n) is 0.878. The molecule has 0 spiro atoms. The third-order valence-corrected chi connectivity index (χ3v) is 2.85. The molecule has 0 aliphatic carbocycles. The minimum absolute atomic E-state index is 0.198. The van der Waals surface area contributed by atoms with Gasteiger partial charge in [-0.1, -0.05) is 22.9 Å². The third-order valence-electron chi connectivity index (χ3n) is 1.55. The first-order valence-electron chi connectivity index (χ1n) is 4.19. The number of rotatable bonds is 5. The van der Waals surface area contributed by atoms with Gasteiger partial charge in [0, 0.05) is 13.2 Å². The topological polar surface area (TPSA) is 68.9 Å². The highest BCUT2D eigenvalue weighted by molar-refractivity contribution is 7.16. The van der Waals surface area contributed by atoms with E-state index in [1.54, 1.807) is 0 Å². The third kappa shape index (κ3) is 3.14. The summed E-state index contributed by atoms with van der Waals surface area (Å²) in [6, 6.07) is 1.96. The predicted molar refractivity (Wildman–Crippen MR) is 56.6 cm³/mol. The van der Waals surface area contributed by atoms with Gasteiger partial charge in [0.05, 0.1) is 0 Å². The second-order valence-electron chi connectivity index (χ2n) is 2.61. The van der Waals surface area contributed by atoms with Gasteiger partial charge >= 0.3 is 0 Å². The normalized spacial score (nSPS) is 9.79. The number of nitrogens with one attached hydrogen (secondary N) is 1. The van der Waals surface area contributed by atoms with E-state index in [0.29, 0.717) is 10.0 Å². The summed E-state index contributed by atoms with van der Waals surface area (Å²) in [6.45, 7) is 0.930. The minimum atomic E-state index is 0.198. The SMILES string of the molecule is N#Cc1sc(NCCCCO)nc1Cl. The number of nitrogens with zero attached hydrogens (tertiary/aromatic N) is 2. The Morgan fingerprint density at radius 3 is 2.93 bits per heavy atom. The number of nitriles is 1. The Morgan fingerprint density at radius 1 is 1.57 bits per heavy atom. The summed E-state index contributed by atoms with van der Waals surface area (Å²) < 4.78 is 0. The van der Waals surface area contributed by atoms with Gasteiger partial charge in [-0.05, 0) is 12.8 Å². The highest BCUT2D eigenvalue weighted by Crippen LogP contribution is 2.25. The van der Waals surface area contributed by atoms with Gasteiger partial charge in [0.15, 0.2) is 10.3 Å². The van der Waals surface area contributed by atoms with Crippen LogP contribution in [0.25, 0.3) is 0 Å². The van der Waals surface area contributed by atoms with Crippen LogP contribution in [0.1, 0.15) is 17.7 Å². The van der Waals surface area contributed by atoms with E-state index in [1.165, 1.54) is 11.3 Å². The summed E-state index contributed by atoms with van der Waals surface area (Å²) in [7, 11) is 0. The van der Waals surface area contributed by atoms with Crippen molar-refractivity contribution < 1.29 is 5.11 Å². The van der Waals surface area contributed by atoms with E-state index in [9.17, 15) is 0 Å². The quantitative estimate of drug-likeness (QED) is 0.759. The number of unbranched alkanes of at least 4 members (excludes halogenated alkanes) is 1. The molecule has 0 unspecified atom stereocenters. The summed E-state index contributed by atoms with van der Waals surface area (Å²) in [5, 5.41) is 21.1. The molecule has 0 atom stereocenters. The lowest BCUT2D eigenvalue weighted by atomic mass is 10.3. The van der Waals surface area contributed by atoms with E-state index in [0.717, 1.165) is 19.4 Å². The number of aliphatic hydroxyl groups excluding tert-OH is 1. The largest absolute Gasteiger partial charge is 0.396 e. The molecule has 1 aromatic heterocycles. The number of anilines is 1. The molecule has 1 rings (SSSR count). The van der Waals surface area contributed by atoms with Gasteiger partial charge in [0.25, 0.3) is 0 Å². The van der Waals surface area contributed by atoms with Crippen molar-refractivity contribution in [3.05, 3.63) is 10.0 Å². The first-order valence-corrected chi connectivity index (χ1v) is 5.38. The molecule has 0 saturated heterocycles. The van der Waals surface area contributed by atoms with Crippen LogP contribution in [-0.2, 0) is 0 Å². The number of aromatic nitrogens is 1. The smallest absolute Gasteiger partial charge is 0.185 e. The molecule has 0 bridgehead atoms. The Morgan fingerprint density at radius 2 is 2.36 bits per heavy atom. The van der Waals surface area contributed by atoms with Crippen LogP contribution in [0, 0.1) is 11.3 Å². The average molecular weight is 232 g/mol. The van der Waals surface area contributed by atoms with Crippen molar-refractivity contribution in [2.24, 2.45) is 0 Å². The lowest BCUT2D eigenvalue weighted by Crippen LogP contribution is -2.01. The molecule has 14 heavy (non-hydrogen) atoms. The number of thiazole rings is 1. The van der Waals surface area contributed by atoms with Crippen LogP contribution >= 0.6 is 22.9 Å². The van der Waals surface area contributed by atoms with Crippen molar-refractivity contribution in [1.82, 2.24) is 4.98 Å². The van der Waals surface area contributed by atoms with Crippen LogP contribution in [-0.4, -0.2) is 23.2 Å². The average Bonchev–Trinajstić information content (AvgIpc) is 2.54. The zero-order chi connectivity index (χ0) is 10.4. The van der Waals surface area contributed by atoms with Crippen molar-refractivity contribution in [1.29, 1.82) is 5.26 Å². The Bertz CT molecular complexity index is 334. The molecule has 0 radical (unpaired) electrons. The molecule has 0 aromatic carbocycles. The monoisotopic (exact) mass is 231 g/mol. The lowest BCUT2D eigenvalue weighted by molar-refractivity contribution is 0.286. The van der Waals surface area contributed by atoms with Crippen LogP contribution in [0.2, 0.25) is 5.15 Å². The lowest BCUT2D eigenvalue weighted by Gasteiger charge is -1.99. The summed E-state index contributed by atoms with van der Waals surface area (Å²) in [5.41, 5.74) is 0. The summed E-state index contributed by atoms with van der Waals surface area (Å²) in [4.78, 5) is 4.39. The Hall–Kier alpha value is -0.830. The molecule has 0 aliphatic rings.